The van der Waals surface area contributed by atoms with Crippen LogP contribution in [0, 0.1) is 17.2 Å². The molecule has 0 heterocycles. The number of nitrogens with zero attached hydrogens (tertiary/aromatic N) is 1. The van der Waals surface area contributed by atoms with E-state index >= 15 is 0 Å². The van der Waals surface area contributed by atoms with Gasteiger partial charge < -0.3 is 5.11 Å². The fourth-order valence-corrected chi connectivity index (χ4v) is 2.22. The Morgan fingerprint density at radius 2 is 2.14 bits per heavy atom. The van der Waals surface area contributed by atoms with Gasteiger partial charge in [-0.3, -0.25) is 4.79 Å². The van der Waals surface area contributed by atoms with Crippen LogP contribution in [-0.2, 0) is 4.79 Å². The van der Waals surface area contributed by atoms with Crippen molar-refractivity contribution in [2.75, 3.05) is 5.75 Å². The van der Waals surface area contributed by atoms with Gasteiger partial charge in [-0.1, -0.05) is 13.8 Å². The number of unbranched alkanes of at least 4 members (excludes halogenated alkanes) is 2. The molecule has 1 unspecified atom stereocenters. The van der Waals surface area contributed by atoms with E-state index < -0.39 is 5.97 Å². The van der Waals surface area contributed by atoms with E-state index in [4.69, 9.17) is 10.4 Å². The number of rotatable bonds is 7. The molecule has 1 N–H and O–H groups in total. The summed E-state index contributed by atoms with van der Waals surface area (Å²) in [4.78, 5) is 10.8. The van der Waals surface area contributed by atoms with Gasteiger partial charge in [-0.05, 0) is 24.5 Å². The van der Waals surface area contributed by atoms with E-state index in [1.807, 2.05) is 13.8 Å². The third kappa shape index (κ3) is 5.87. The average Bonchev–Trinajstić information content (AvgIpc) is 2.09. The van der Waals surface area contributed by atoms with Gasteiger partial charge in [0.15, 0.2) is 0 Å². The van der Waals surface area contributed by atoms with Crippen molar-refractivity contribution in [2.24, 2.45) is 5.92 Å². The van der Waals surface area contributed by atoms with Crippen LogP contribution in [0.4, 0.5) is 0 Å². The maximum absolute atomic E-state index is 10.8. The molecular weight excluding hydrogens is 198 g/mol. The SMILES string of the molecule is CC(C)C(SCCCCC#N)C(=O)O. The second-order valence-corrected chi connectivity index (χ2v) is 4.74. The molecule has 0 bridgehead atoms. The molecular formula is C10H17NO2S. The molecule has 80 valence electrons. The van der Waals surface area contributed by atoms with Crippen molar-refractivity contribution in [2.45, 2.75) is 38.4 Å². The highest BCUT2D eigenvalue weighted by Gasteiger charge is 2.20. The Morgan fingerprint density at radius 1 is 1.50 bits per heavy atom. The van der Waals surface area contributed by atoms with E-state index in [1.165, 1.54) is 11.8 Å². The predicted octanol–water partition coefficient (Wildman–Crippen LogP) is 2.52. The van der Waals surface area contributed by atoms with E-state index in [-0.39, 0.29) is 11.2 Å². The zero-order chi connectivity index (χ0) is 11.0. The molecule has 4 heteroatoms. The second kappa shape index (κ2) is 7.69. The lowest BCUT2D eigenvalue weighted by Gasteiger charge is -2.14. The molecule has 0 spiro atoms. The third-order valence-electron chi connectivity index (χ3n) is 1.83. The summed E-state index contributed by atoms with van der Waals surface area (Å²) in [5.74, 6) is 0.260. The molecule has 3 nitrogen and oxygen atoms in total. The molecule has 0 amide bonds. The summed E-state index contributed by atoms with van der Waals surface area (Å²) in [6.07, 6.45) is 2.36. The minimum atomic E-state index is -0.731. The molecule has 0 aromatic rings. The van der Waals surface area contributed by atoms with E-state index in [0.29, 0.717) is 6.42 Å². The molecule has 0 radical (unpaired) electrons. The lowest BCUT2D eigenvalue weighted by Crippen LogP contribution is -2.22. The summed E-state index contributed by atoms with van der Waals surface area (Å²) in [7, 11) is 0. The molecule has 0 saturated heterocycles. The van der Waals surface area contributed by atoms with Crippen molar-refractivity contribution in [1.29, 1.82) is 5.26 Å². The first-order valence-corrected chi connectivity index (χ1v) is 5.85. The van der Waals surface area contributed by atoms with E-state index in [9.17, 15) is 4.79 Å². The summed E-state index contributed by atoms with van der Waals surface area (Å²) < 4.78 is 0. The first-order chi connectivity index (χ1) is 6.59. The molecule has 0 saturated carbocycles. The van der Waals surface area contributed by atoms with Crippen molar-refractivity contribution in [3.05, 3.63) is 0 Å². The Morgan fingerprint density at radius 3 is 2.57 bits per heavy atom. The number of carbonyl (C=O) groups is 1. The van der Waals surface area contributed by atoms with Crippen LogP contribution in [0.3, 0.4) is 0 Å². The molecule has 0 aliphatic rings. The smallest absolute Gasteiger partial charge is 0.316 e. The van der Waals surface area contributed by atoms with Crippen LogP contribution < -0.4 is 0 Å². The van der Waals surface area contributed by atoms with Gasteiger partial charge in [-0.15, -0.1) is 11.8 Å². The number of nitriles is 1. The highest BCUT2D eigenvalue weighted by Crippen LogP contribution is 2.21. The van der Waals surface area contributed by atoms with Gasteiger partial charge in [0.05, 0.1) is 6.07 Å². The lowest BCUT2D eigenvalue weighted by molar-refractivity contribution is -0.137. The zero-order valence-corrected chi connectivity index (χ0v) is 9.51. The molecule has 14 heavy (non-hydrogen) atoms. The van der Waals surface area contributed by atoms with Crippen molar-refractivity contribution in [3.8, 4) is 6.07 Å². The van der Waals surface area contributed by atoms with Gasteiger partial charge in [0.2, 0.25) is 0 Å². The monoisotopic (exact) mass is 215 g/mol. The summed E-state index contributed by atoms with van der Waals surface area (Å²) in [6, 6.07) is 2.08. The summed E-state index contributed by atoms with van der Waals surface area (Å²) in [5, 5.41) is 16.9. The van der Waals surface area contributed by atoms with Gasteiger partial charge in [0.1, 0.15) is 5.25 Å². The van der Waals surface area contributed by atoms with Crippen LogP contribution in [0.25, 0.3) is 0 Å². The standard InChI is InChI=1S/C10H17NO2S/c1-8(2)9(10(12)13)14-7-5-3-4-6-11/h8-9H,3-5,7H2,1-2H3,(H,12,13). The van der Waals surface area contributed by atoms with Gasteiger partial charge >= 0.3 is 5.97 Å². The minimum Gasteiger partial charge on any atom is -0.480 e. The number of carboxylic acids is 1. The molecule has 0 fully saturated rings. The lowest BCUT2D eigenvalue weighted by atomic mass is 10.1. The summed E-state index contributed by atoms with van der Waals surface area (Å²) in [6.45, 7) is 3.84. The number of aliphatic carboxylic acids is 1. The van der Waals surface area contributed by atoms with Crippen LogP contribution in [0.1, 0.15) is 33.1 Å². The van der Waals surface area contributed by atoms with Gasteiger partial charge in [0.25, 0.3) is 0 Å². The number of thioether (sulfide) groups is 1. The Labute approximate surface area is 89.5 Å². The first-order valence-electron chi connectivity index (χ1n) is 4.81. The van der Waals surface area contributed by atoms with Crippen molar-refractivity contribution >= 4 is 17.7 Å². The molecule has 1 atom stereocenters. The molecule has 0 aliphatic carbocycles. The second-order valence-electron chi connectivity index (χ2n) is 3.49. The van der Waals surface area contributed by atoms with E-state index in [1.54, 1.807) is 0 Å². The van der Waals surface area contributed by atoms with E-state index in [2.05, 4.69) is 6.07 Å². The van der Waals surface area contributed by atoms with Gasteiger partial charge in [-0.25, -0.2) is 0 Å². The Balaban J connectivity index is 3.63. The third-order valence-corrected chi connectivity index (χ3v) is 3.46. The average molecular weight is 215 g/mol. The highest BCUT2D eigenvalue weighted by atomic mass is 32.2. The highest BCUT2D eigenvalue weighted by molar-refractivity contribution is 8.00. The fourth-order valence-electron chi connectivity index (χ4n) is 1.07. The first kappa shape index (κ1) is 13.3. The van der Waals surface area contributed by atoms with Crippen molar-refractivity contribution in [1.82, 2.24) is 0 Å². The van der Waals surface area contributed by atoms with Gasteiger partial charge in [-0.2, -0.15) is 5.26 Å². The molecule has 0 rings (SSSR count). The Kier molecular flexibility index (Phi) is 7.31. The summed E-state index contributed by atoms with van der Waals surface area (Å²) >= 11 is 1.48. The van der Waals surface area contributed by atoms with Crippen LogP contribution >= 0.6 is 11.8 Å². The van der Waals surface area contributed by atoms with E-state index in [0.717, 1.165) is 18.6 Å². The Bertz CT molecular complexity index is 211. The largest absolute Gasteiger partial charge is 0.480 e. The minimum absolute atomic E-state index is 0.161. The van der Waals surface area contributed by atoms with Crippen LogP contribution in [0.15, 0.2) is 0 Å². The number of carboxylic acid groups (broad SMARTS) is 1. The molecule has 0 aromatic carbocycles. The van der Waals surface area contributed by atoms with Crippen molar-refractivity contribution in [3.63, 3.8) is 0 Å². The van der Waals surface area contributed by atoms with Gasteiger partial charge in [0, 0.05) is 6.42 Å². The maximum Gasteiger partial charge on any atom is 0.316 e. The predicted molar refractivity (Wildman–Crippen MR) is 58.2 cm³/mol. The van der Waals surface area contributed by atoms with Crippen molar-refractivity contribution < 1.29 is 9.90 Å². The summed E-state index contributed by atoms with van der Waals surface area (Å²) in [5.41, 5.74) is 0. The van der Waals surface area contributed by atoms with Crippen LogP contribution in [0.2, 0.25) is 0 Å². The topological polar surface area (TPSA) is 61.1 Å². The normalized spacial score (nSPS) is 12.4. The maximum atomic E-state index is 10.8. The van der Waals surface area contributed by atoms with Crippen LogP contribution in [0.5, 0.6) is 0 Å². The zero-order valence-electron chi connectivity index (χ0n) is 8.69. The Hall–Kier alpha value is -0.690. The molecule has 0 aliphatic heterocycles. The fraction of sp³-hybridized carbons (Fsp3) is 0.800. The number of hydrogen-bond donors (Lipinski definition) is 1. The quantitative estimate of drug-likeness (QED) is 0.663. The van der Waals surface area contributed by atoms with Crippen LogP contribution in [-0.4, -0.2) is 22.1 Å². The number of hydrogen-bond acceptors (Lipinski definition) is 3. The molecule has 0 aromatic heterocycles.